The van der Waals surface area contributed by atoms with Crippen molar-refractivity contribution in [2.45, 2.75) is 0 Å². The third-order valence-electron chi connectivity index (χ3n) is 1.75. The van der Waals surface area contributed by atoms with Crippen LogP contribution in [-0.2, 0) is 0 Å². The number of hydrogen-bond donors (Lipinski definition) is 1. The average Bonchev–Trinajstić information content (AvgIpc) is 2.71. The molecule has 0 saturated heterocycles. The van der Waals surface area contributed by atoms with E-state index in [1.807, 2.05) is 0 Å². The zero-order valence-electron chi connectivity index (χ0n) is 7.21. The van der Waals surface area contributed by atoms with Crippen molar-refractivity contribution in [3.8, 4) is 5.69 Å². The molecule has 5 heteroatoms. The van der Waals surface area contributed by atoms with Crippen LogP contribution in [0.4, 0.5) is 0 Å². The van der Waals surface area contributed by atoms with Gasteiger partial charge in [-0.2, -0.15) is 5.10 Å². The van der Waals surface area contributed by atoms with Crippen molar-refractivity contribution in [2.24, 2.45) is 5.73 Å². The predicted octanol–water partition coefficient (Wildman–Crippen LogP) is 0.166. The maximum Gasteiger partial charge on any atom is 0.248 e. The van der Waals surface area contributed by atoms with Gasteiger partial charge in [-0.1, -0.05) is 0 Å². The summed E-state index contributed by atoms with van der Waals surface area (Å²) in [6, 6.07) is 7.73. The minimum absolute atomic E-state index is 0.425. The molecule has 2 rings (SSSR count). The average molecular weight is 187 g/mol. The fourth-order valence-electron chi connectivity index (χ4n) is 1.05. The van der Waals surface area contributed by atoms with Crippen molar-refractivity contribution in [1.29, 1.82) is 0 Å². The van der Waals surface area contributed by atoms with Crippen LogP contribution < -0.4 is 5.73 Å². The maximum absolute atomic E-state index is 10.8. The van der Waals surface area contributed by atoms with Crippen molar-refractivity contribution in [1.82, 2.24) is 14.8 Å². The molecule has 2 N–H and O–H groups in total. The Hall–Kier alpha value is -2.17. The Bertz CT molecular complexity index is 432. The van der Waals surface area contributed by atoms with Crippen LogP contribution in [-0.4, -0.2) is 20.7 Å². The smallest absolute Gasteiger partial charge is 0.248 e. The first-order valence-corrected chi connectivity index (χ1v) is 3.94. The number of nitrogens with zero attached hydrogens (tertiary/aromatic N) is 3. The van der Waals surface area contributed by atoms with E-state index in [1.165, 1.54) is 12.4 Å². The maximum atomic E-state index is 10.8. The van der Waals surface area contributed by atoms with E-state index in [-0.39, 0.29) is 0 Å². The highest BCUT2D eigenvalue weighted by molar-refractivity contribution is 5.92. The number of rotatable bonds is 2. The quantitative estimate of drug-likeness (QED) is 0.728. The van der Waals surface area contributed by atoms with Crippen LogP contribution in [0.5, 0.6) is 0 Å². The molecule has 69 valence electrons. The number of amides is 1. The summed E-state index contributed by atoms with van der Waals surface area (Å²) in [7, 11) is 0. The molecule has 0 aliphatic rings. The van der Waals surface area contributed by atoms with E-state index in [0.29, 0.717) is 11.3 Å². The number of benzene rings is 1. The van der Waals surface area contributed by atoms with Crippen LogP contribution in [0.25, 0.3) is 5.69 Å². The summed E-state index contributed by atoms with van der Waals surface area (Å²) in [6.07, 6.45) is 2.98. The topological polar surface area (TPSA) is 73.8 Å². The summed E-state index contributed by atoms with van der Waals surface area (Å²) in [4.78, 5) is 14.6. The summed E-state index contributed by atoms with van der Waals surface area (Å²) in [5, 5.41) is 3.92. The van der Waals surface area contributed by atoms with Crippen LogP contribution in [0.2, 0.25) is 0 Å². The first kappa shape index (κ1) is 8.43. The number of carbonyl (C=O) groups excluding carboxylic acids is 1. The molecule has 0 aliphatic carbocycles. The second-order valence-electron chi connectivity index (χ2n) is 2.67. The first-order chi connectivity index (χ1) is 6.77. The van der Waals surface area contributed by atoms with Gasteiger partial charge in [-0.05, 0) is 18.2 Å². The monoisotopic (exact) mass is 187 g/mol. The Balaban J connectivity index is 2.36. The van der Waals surface area contributed by atoms with E-state index < -0.39 is 5.91 Å². The predicted molar refractivity (Wildman–Crippen MR) is 48.7 cm³/mol. The van der Waals surface area contributed by atoms with Crippen molar-refractivity contribution in [3.05, 3.63) is 42.5 Å². The van der Waals surface area contributed by atoms with Gasteiger partial charge in [0.25, 0.3) is 0 Å². The molecule has 1 heterocycles. The van der Waals surface area contributed by atoms with E-state index in [9.17, 15) is 4.79 Å². The minimum Gasteiger partial charge on any atom is -0.366 e. The van der Waals surface area contributed by atoms with Crippen LogP contribution in [0.1, 0.15) is 10.4 Å². The van der Waals surface area contributed by atoms with E-state index in [0.717, 1.165) is 0 Å². The molecule has 0 saturated carbocycles. The fourth-order valence-corrected chi connectivity index (χ4v) is 1.05. The summed E-state index contributed by atoms with van der Waals surface area (Å²) >= 11 is 0. The Morgan fingerprint density at radius 2 is 2.36 bits per heavy atom. The summed E-state index contributed by atoms with van der Waals surface area (Å²) in [6.45, 7) is 0. The lowest BCUT2D eigenvalue weighted by atomic mass is 10.2. The first-order valence-electron chi connectivity index (χ1n) is 3.94. The van der Waals surface area contributed by atoms with Gasteiger partial charge in [0.1, 0.15) is 12.7 Å². The molecule has 1 aromatic heterocycles. The van der Waals surface area contributed by atoms with Crippen molar-refractivity contribution < 1.29 is 4.79 Å². The third-order valence-corrected chi connectivity index (χ3v) is 1.75. The zero-order valence-corrected chi connectivity index (χ0v) is 7.21. The molecular formula is C9H7N4O. The van der Waals surface area contributed by atoms with Crippen molar-refractivity contribution >= 4 is 5.91 Å². The minimum atomic E-state index is -0.466. The van der Waals surface area contributed by atoms with Crippen molar-refractivity contribution in [3.63, 3.8) is 0 Å². The van der Waals surface area contributed by atoms with Crippen LogP contribution in [0.15, 0.2) is 30.9 Å². The SMILES string of the molecule is NC(=O)c1c[c]c(-n2cncn2)cc1. The van der Waals surface area contributed by atoms with Gasteiger partial charge in [-0.15, -0.1) is 0 Å². The molecule has 2 aromatic rings. The van der Waals surface area contributed by atoms with E-state index in [2.05, 4.69) is 16.1 Å². The number of hydrogen-bond acceptors (Lipinski definition) is 3. The molecule has 14 heavy (non-hydrogen) atoms. The van der Waals surface area contributed by atoms with Gasteiger partial charge < -0.3 is 5.73 Å². The van der Waals surface area contributed by atoms with Crippen LogP contribution in [0.3, 0.4) is 0 Å². The lowest BCUT2D eigenvalue weighted by Crippen LogP contribution is -2.10. The largest absolute Gasteiger partial charge is 0.366 e. The molecule has 0 atom stereocenters. The molecule has 0 bridgehead atoms. The zero-order chi connectivity index (χ0) is 9.97. The standard InChI is InChI=1S/C9H7N4O/c10-9(14)7-1-3-8(4-2-7)13-6-11-5-12-13/h1-3,5-6H,(H2,10,14). The van der Waals surface area contributed by atoms with E-state index in [4.69, 9.17) is 5.73 Å². The van der Waals surface area contributed by atoms with Crippen LogP contribution >= 0.6 is 0 Å². The van der Waals surface area contributed by atoms with Crippen molar-refractivity contribution in [2.75, 3.05) is 0 Å². The molecule has 0 aliphatic heterocycles. The highest BCUT2D eigenvalue weighted by Crippen LogP contribution is 2.06. The van der Waals surface area contributed by atoms with Gasteiger partial charge in [-0.25, -0.2) is 9.67 Å². The summed E-state index contributed by atoms with van der Waals surface area (Å²) in [5.41, 5.74) is 6.23. The Morgan fingerprint density at radius 3 is 2.86 bits per heavy atom. The van der Waals surface area contributed by atoms with E-state index >= 15 is 0 Å². The normalized spacial score (nSPS) is 10.0. The summed E-state index contributed by atoms with van der Waals surface area (Å²) < 4.78 is 1.55. The van der Waals surface area contributed by atoms with Gasteiger partial charge >= 0.3 is 0 Å². The fraction of sp³-hybridized carbons (Fsp3) is 0. The number of nitrogens with two attached hydrogens (primary N) is 1. The molecular weight excluding hydrogens is 180 g/mol. The molecule has 1 aromatic carbocycles. The van der Waals surface area contributed by atoms with Gasteiger partial charge in [0.2, 0.25) is 5.91 Å². The second kappa shape index (κ2) is 3.29. The highest BCUT2D eigenvalue weighted by Gasteiger charge is 2.01. The van der Waals surface area contributed by atoms with Gasteiger partial charge in [0, 0.05) is 11.6 Å². The molecule has 0 spiro atoms. The molecule has 1 radical (unpaired) electrons. The Morgan fingerprint density at radius 1 is 1.50 bits per heavy atom. The van der Waals surface area contributed by atoms with Gasteiger partial charge in [0.15, 0.2) is 0 Å². The lowest BCUT2D eigenvalue weighted by molar-refractivity contribution is 0.100. The number of carbonyl (C=O) groups is 1. The number of primary amides is 1. The number of aromatic nitrogens is 3. The van der Waals surface area contributed by atoms with Crippen LogP contribution in [0, 0.1) is 6.07 Å². The molecule has 0 unspecified atom stereocenters. The highest BCUT2D eigenvalue weighted by atomic mass is 16.1. The lowest BCUT2D eigenvalue weighted by Gasteiger charge is -1.99. The Labute approximate surface area is 80.2 Å². The Kier molecular flexibility index (Phi) is 1.98. The summed E-state index contributed by atoms with van der Waals surface area (Å²) in [5.74, 6) is -0.466. The second-order valence-corrected chi connectivity index (χ2v) is 2.67. The van der Waals surface area contributed by atoms with Gasteiger partial charge in [0.05, 0.1) is 5.69 Å². The molecule has 0 fully saturated rings. The van der Waals surface area contributed by atoms with Gasteiger partial charge in [-0.3, -0.25) is 4.79 Å². The third kappa shape index (κ3) is 1.47. The van der Waals surface area contributed by atoms with E-state index in [1.54, 1.807) is 23.1 Å². The molecule has 5 nitrogen and oxygen atoms in total. The molecule has 1 amide bonds.